The van der Waals surface area contributed by atoms with Crippen molar-refractivity contribution in [1.82, 2.24) is 0 Å². The number of rotatable bonds is 55. The van der Waals surface area contributed by atoms with Crippen LogP contribution in [-0.2, 0) is 28.6 Å². The van der Waals surface area contributed by atoms with Gasteiger partial charge < -0.3 is 14.2 Å². The highest BCUT2D eigenvalue weighted by Crippen LogP contribution is 2.16. The second kappa shape index (κ2) is 56.5. The molecular formula is C61H114O6. The molecule has 67 heavy (non-hydrogen) atoms. The van der Waals surface area contributed by atoms with Gasteiger partial charge in [0.05, 0.1) is 0 Å². The summed E-state index contributed by atoms with van der Waals surface area (Å²) in [6.07, 6.45) is 66.1. The van der Waals surface area contributed by atoms with E-state index in [0.29, 0.717) is 19.3 Å². The minimum absolute atomic E-state index is 0.0695. The minimum atomic E-state index is -0.770. The Morgan fingerprint density at radius 3 is 0.746 bits per heavy atom. The van der Waals surface area contributed by atoms with E-state index in [-0.39, 0.29) is 31.1 Å². The number of allylic oxidation sites excluding steroid dienone is 4. The molecule has 0 saturated heterocycles. The molecule has 0 aliphatic rings. The summed E-state index contributed by atoms with van der Waals surface area (Å²) in [5.41, 5.74) is 0. The quantitative estimate of drug-likeness (QED) is 0.0262. The summed E-state index contributed by atoms with van der Waals surface area (Å²) < 4.78 is 16.9. The van der Waals surface area contributed by atoms with Crippen LogP contribution in [0.3, 0.4) is 0 Å². The van der Waals surface area contributed by atoms with Gasteiger partial charge in [0, 0.05) is 19.3 Å². The summed E-state index contributed by atoms with van der Waals surface area (Å²) >= 11 is 0. The molecule has 0 spiro atoms. The van der Waals surface area contributed by atoms with Gasteiger partial charge in [-0.1, -0.05) is 263 Å². The molecule has 0 saturated carbocycles. The number of esters is 3. The summed E-state index contributed by atoms with van der Waals surface area (Å²) in [5, 5.41) is 0. The fourth-order valence-electron chi connectivity index (χ4n) is 8.91. The van der Waals surface area contributed by atoms with Gasteiger partial charge in [-0.25, -0.2) is 0 Å². The lowest BCUT2D eigenvalue weighted by atomic mass is 10.1. The van der Waals surface area contributed by atoms with Gasteiger partial charge in [-0.2, -0.15) is 0 Å². The zero-order chi connectivity index (χ0) is 48.6. The molecule has 0 radical (unpaired) electrons. The molecule has 6 heteroatoms. The summed E-state index contributed by atoms with van der Waals surface area (Å²) in [6.45, 7) is 6.67. The maximum Gasteiger partial charge on any atom is 0.306 e. The lowest BCUT2D eigenvalue weighted by Crippen LogP contribution is -2.30. The molecule has 1 unspecified atom stereocenters. The van der Waals surface area contributed by atoms with Crippen LogP contribution < -0.4 is 0 Å². The number of carbonyl (C=O) groups excluding carboxylic acids is 3. The van der Waals surface area contributed by atoms with Crippen molar-refractivity contribution in [3.05, 3.63) is 24.3 Å². The molecule has 0 heterocycles. The first-order valence-corrected chi connectivity index (χ1v) is 29.8. The molecule has 0 aromatic heterocycles. The number of ether oxygens (including phenoxy) is 3. The van der Waals surface area contributed by atoms with E-state index in [1.54, 1.807) is 0 Å². The fourth-order valence-corrected chi connectivity index (χ4v) is 8.91. The standard InChI is InChI=1S/C61H114O6/c1-4-7-10-13-16-19-22-24-26-28-30-31-32-34-35-37-39-42-45-48-51-54-60(63)66-57-58(56-65-59(62)53-50-47-44-41-21-18-15-12-9-6-3)67-61(64)55-52-49-46-43-40-38-36-33-29-27-25-23-20-17-14-11-8-5-2/h27-30,58H,4-26,31-57H2,1-3H3/b29-27-,30-28-. The van der Waals surface area contributed by atoms with Crippen LogP contribution in [0.25, 0.3) is 0 Å². The van der Waals surface area contributed by atoms with Crippen LogP contribution in [0.15, 0.2) is 24.3 Å². The molecule has 394 valence electrons. The summed E-state index contributed by atoms with van der Waals surface area (Å²) in [6, 6.07) is 0. The van der Waals surface area contributed by atoms with E-state index >= 15 is 0 Å². The van der Waals surface area contributed by atoms with Crippen LogP contribution in [0.1, 0.15) is 329 Å². The molecule has 0 bridgehead atoms. The van der Waals surface area contributed by atoms with Gasteiger partial charge in [-0.05, 0) is 70.6 Å². The molecule has 0 rings (SSSR count). The Bertz CT molecular complexity index is 1080. The maximum absolute atomic E-state index is 12.8. The van der Waals surface area contributed by atoms with Gasteiger partial charge in [0.2, 0.25) is 0 Å². The first kappa shape index (κ1) is 64.9. The Kier molecular flexibility index (Phi) is 54.7. The Morgan fingerprint density at radius 1 is 0.284 bits per heavy atom. The highest BCUT2D eigenvalue weighted by atomic mass is 16.6. The topological polar surface area (TPSA) is 78.9 Å². The van der Waals surface area contributed by atoms with Gasteiger partial charge in [-0.15, -0.1) is 0 Å². The SMILES string of the molecule is CCCCCCCCC/C=C\CCCCCCCCCC(=O)OC(COC(=O)CCCCCCCCCCCC)COC(=O)CCCCCCCCCCC/C=C\CCCCCCCCCC. The number of unbranched alkanes of at least 4 members (excludes halogenated alkanes) is 40. The number of carbonyl (C=O) groups is 3. The number of hydrogen-bond acceptors (Lipinski definition) is 6. The van der Waals surface area contributed by atoms with E-state index in [2.05, 4.69) is 45.1 Å². The Morgan fingerprint density at radius 2 is 0.493 bits per heavy atom. The Balaban J connectivity index is 4.25. The van der Waals surface area contributed by atoms with Crippen LogP contribution in [-0.4, -0.2) is 37.2 Å². The molecule has 0 amide bonds. The smallest absolute Gasteiger partial charge is 0.306 e. The normalized spacial score (nSPS) is 12.1. The minimum Gasteiger partial charge on any atom is -0.462 e. The molecular weight excluding hydrogens is 829 g/mol. The van der Waals surface area contributed by atoms with E-state index in [1.807, 2.05) is 0 Å². The summed E-state index contributed by atoms with van der Waals surface area (Å²) in [5.74, 6) is -0.858. The molecule has 0 N–H and O–H groups in total. The van der Waals surface area contributed by atoms with Crippen molar-refractivity contribution in [1.29, 1.82) is 0 Å². The van der Waals surface area contributed by atoms with E-state index < -0.39 is 6.10 Å². The Hall–Kier alpha value is -2.11. The van der Waals surface area contributed by atoms with Crippen LogP contribution in [0.4, 0.5) is 0 Å². The predicted molar refractivity (Wildman–Crippen MR) is 289 cm³/mol. The molecule has 0 aliphatic carbocycles. The Labute approximate surface area is 417 Å². The van der Waals surface area contributed by atoms with E-state index in [0.717, 1.165) is 57.8 Å². The van der Waals surface area contributed by atoms with Crippen LogP contribution in [0, 0.1) is 0 Å². The highest BCUT2D eigenvalue weighted by molar-refractivity contribution is 5.71. The first-order valence-electron chi connectivity index (χ1n) is 29.8. The predicted octanol–water partition coefficient (Wildman–Crippen LogP) is 19.9. The average Bonchev–Trinajstić information content (AvgIpc) is 3.33. The van der Waals surface area contributed by atoms with Crippen molar-refractivity contribution >= 4 is 17.9 Å². The number of hydrogen-bond donors (Lipinski definition) is 0. The van der Waals surface area contributed by atoms with Gasteiger partial charge in [0.1, 0.15) is 13.2 Å². The van der Waals surface area contributed by atoms with Crippen LogP contribution >= 0.6 is 0 Å². The third-order valence-corrected chi connectivity index (χ3v) is 13.4. The van der Waals surface area contributed by atoms with Crippen molar-refractivity contribution in [2.75, 3.05) is 13.2 Å². The zero-order valence-electron chi connectivity index (χ0n) is 45.2. The average molecular weight is 944 g/mol. The van der Waals surface area contributed by atoms with Crippen LogP contribution in [0.5, 0.6) is 0 Å². The molecule has 6 nitrogen and oxygen atoms in total. The lowest BCUT2D eigenvalue weighted by Gasteiger charge is -2.18. The zero-order valence-corrected chi connectivity index (χ0v) is 45.2. The summed E-state index contributed by atoms with van der Waals surface area (Å²) in [4.78, 5) is 38.1. The van der Waals surface area contributed by atoms with Crippen molar-refractivity contribution in [3.63, 3.8) is 0 Å². The lowest BCUT2D eigenvalue weighted by molar-refractivity contribution is -0.167. The van der Waals surface area contributed by atoms with E-state index in [1.165, 1.54) is 231 Å². The monoisotopic (exact) mass is 943 g/mol. The van der Waals surface area contributed by atoms with Crippen molar-refractivity contribution in [2.45, 2.75) is 335 Å². The first-order chi connectivity index (χ1) is 33.0. The van der Waals surface area contributed by atoms with Crippen molar-refractivity contribution < 1.29 is 28.6 Å². The van der Waals surface area contributed by atoms with Gasteiger partial charge in [0.25, 0.3) is 0 Å². The van der Waals surface area contributed by atoms with Crippen molar-refractivity contribution in [2.24, 2.45) is 0 Å². The molecule has 0 aromatic rings. The second-order valence-electron chi connectivity index (χ2n) is 20.3. The fraction of sp³-hybridized carbons (Fsp3) is 0.885. The molecule has 0 fully saturated rings. The van der Waals surface area contributed by atoms with Gasteiger partial charge >= 0.3 is 17.9 Å². The highest BCUT2D eigenvalue weighted by Gasteiger charge is 2.19. The van der Waals surface area contributed by atoms with Gasteiger partial charge in [0.15, 0.2) is 6.10 Å². The van der Waals surface area contributed by atoms with Gasteiger partial charge in [-0.3, -0.25) is 14.4 Å². The second-order valence-corrected chi connectivity index (χ2v) is 20.3. The molecule has 1 atom stereocenters. The van der Waals surface area contributed by atoms with Crippen LogP contribution in [0.2, 0.25) is 0 Å². The molecule has 0 aliphatic heterocycles. The van der Waals surface area contributed by atoms with Crippen molar-refractivity contribution in [3.8, 4) is 0 Å². The van der Waals surface area contributed by atoms with E-state index in [9.17, 15) is 14.4 Å². The van der Waals surface area contributed by atoms with E-state index in [4.69, 9.17) is 14.2 Å². The third kappa shape index (κ3) is 54.7. The largest absolute Gasteiger partial charge is 0.462 e. The summed E-state index contributed by atoms with van der Waals surface area (Å²) in [7, 11) is 0. The molecule has 0 aromatic carbocycles. The third-order valence-electron chi connectivity index (χ3n) is 13.4. The maximum atomic E-state index is 12.8.